The van der Waals surface area contributed by atoms with Gasteiger partial charge in [-0.25, -0.2) is 8.42 Å². The summed E-state index contributed by atoms with van der Waals surface area (Å²) in [5, 5.41) is 0.531. The quantitative estimate of drug-likeness (QED) is 0.848. The zero-order chi connectivity index (χ0) is 12.2. The molecule has 0 aliphatic heterocycles. The first-order valence-electron chi connectivity index (χ1n) is 4.47. The largest absolute Gasteiger partial charge is 0.281 e. The first kappa shape index (κ1) is 13.9. The molecular weight excluding hydrogens is 293 g/mol. The summed E-state index contributed by atoms with van der Waals surface area (Å²) in [6.07, 6.45) is 0.374. The lowest BCUT2D eigenvalue weighted by atomic mass is 10.3. The fourth-order valence-corrected chi connectivity index (χ4v) is 3.10. The molecule has 0 bridgehead atoms. The number of para-hydroxylation sites is 1. The molecule has 0 saturated carbocycles. The minimum atomic E-state index is -3.45. The van der Waals surface area contributed by atoms with E-state index in [9.17, 15) is 8.42 Å². The lowest BCUT2D eigenvalue weighted by Crippen LogP contribution is -2.17. The number of hydrogen-bond donors (Lipinski definition) is 1. The normalized spacial score (nSPS) is 11.4. The maximum atomic E-state index is 11.6. The van der Waals surface area contributed by atoms with E-state index in [1.165, 1.54) is 0 Å². The molecule has 0 aliphatic rings. The third-order valence-electron chi connectivity index (χ3n) is 1.77. The molecule has 0 saturated heterocycles. The van der Waals surface area contributed by atoms with E-state index in [1.807, 2.05) is 0 Å². The van der Waals surface area contributed by atoms with Crippen molar-refractivity contribution in [2.75, 3.05) is 16.4 Å². The summed E-state index contributed by atoms with van der Waals surface area (Å²) < 4.78 is 25.5. The van der Waals surface area contributed by atoms with E-state index >= 15 is 0 Å². The van der Waals surface area contributed by atoms with Gasteiger partial charge in [-0.1, -0.05) is 29.3 Å². The van der Waals surface area contributed by atoms with Crippen LogP contribution in [0.4, 0.5) is 5.69 Å². The van der Waals surface area contributed by atoms with Crippen molar-refractivity contribution in [3.63, 3.8) is 0 Å². The van der Waals surface area contributed by atoms with Gasteiger partial charge in [0.25, 0.3) is 0 Å². The number of hydrogen-bond acceptors (Lipinski definition) is 2. The highest BCUT2D eigenvalue weighted by atomic mass is 35.5. The fourth-order valence-electron chi connectivity index (χ4n) is 1.05. The molecule has 0 atom stereocenters. The van der Waals surface area contributed by atoms with Gasteiger partial charge in [0.15, 0.2) is 0 Å². The van der Waals surface area contributed by atoms with Crippen molar-refractivity contribution >= 4 is 50.5 Å². The van der Waals surface area contributed by atoms with Crippen LogP contribution in [0.3, 0.4) is 0 Å². The molecular formula is C9H10Cl3NO2S. The highest BCUT2D eigenvalue weighted by molar-refractivity contribution is 7.92. The average Bonchev–Trinajstić information content (AvgIpc) is 2.21. The summed E-state index contributed by atoms with van der Waals surface area (Å²) >= 11 is 17.1. The summed E-state index contributed by atoms with van der Waals surface area (Å²) in [4.78, 5) is 0. The Kier molecular flexibility index (Phi) is 5.18. The second kappa shape index (κ2) is 5.96. The first-order chi connectivity index (χ1) is 7.46. The third-order valence-corrected chi connectivity index (χ3v) is 4.01. The van der Waals surface area contributed by atoms with E-state index in [-0.39, 0.29) is 27.4 Å². The van der Waals surface area contributed by atoms with Crippen LogP contribution in [0.25, 0.3) is 0 Å². The van der Waals surface area contributed by atoms with Crippen LogP contribution in [-0.2, 0) is 10.0 Å². The Bertz CT molecular complexity index is 442. The van der Waals surface area contributed by atoms with Crippen molar-refractivity contribution in [3.8, 4) is 0 Å². The summed E-state index contributed by atoms with van der Waals surface area (Å²) in [5.74, 6) is 0.231. The lowest BCUT2D eigenvalue weighted by molar-refractivity contribution is 0.600. The number of alkyl halides is 1. The molecule has 0 amide bonds. The molecule has 0 spiro atoms. The molecule has 0 unspecified atom stereocenters. The summed E-state index contributed by atoms with van der Waals surface area (Å²) in [7, 11) is -3.45. The van der Waals surface area contributed by atoms with Crippen LogP contribution in [-0.4, -0.2) is 20.1 Å². The lowest BCUT2D eigenvalue weighted by Gasteiger charge is -2.10. The van der Waals surface area contributed by atoms with Crippen LogP contribution in [0.2, 0.25) is 10.0 Å². The van der Waals surface area contributed by atoms with Gasteiger partial charge in [-0.05, 0) is 18.6 Å². The molecule has 1 rings (SSSR count). The maximum absolute atomic E-state index is 11.6. The summed E-state index contributed by atoms with van der Waals surface area (Å²) in [5.41, 5.74) is 0.209. The summed E-state index contributed by atoms with van der Waals surface area (Å²) in [6, 6.07) is 4.76. The Labute approximate surface area is 110 Å². The third kappa shape index (κ3) is 4.01. The van der Waals surface area contributed by atoms with E-state index in [0.717, 1.165) is 0 Å². The number of sulfonamides is 1. The van der Waals surface area contributed by atoms with Gasteiger partial charge in [0.1, 0.15) is 0 Å². The number of nitrogens with one attached hydrogen (secondary N) is 1. The van der Waals surface area contributed by atoms with Gasteiger partial charge < -0.3 is 0 Å². The Hall–Kier alpha value is -0.160. The number of benzene rings is 1. The SMILES string of the molecule is O=S(=O)(CCCCl)Nc1c(Cl)cccc1Cl. The Morgan fingerprint density at radius 1 is 1.19 bits per heavy atom. The Morgan fingerprint density at radius 3 is 2.25 bits per heavy atom. The van der Waals surface area contributed by atoms with Gasteiger partial charge in [-0.3, -0.25) is 4.72 Å². The van der Waals surface area contributed by atoms with Gasteiger partial charge in [-0.2, -0.15) is 0 Å². The van der Waals surface area contributed by atoms with Crippen molar-refractivity contribution in [2.24, 2.45) is 0 Å². The smallest absolute Gasteiger partial charge is 0.232 e. The minimum absolute atomic E-state index is 0.0575. The molecule has 16 heavy (non-hydrogen) atoms. The highest BCUT2D eigenvalue weighted by Crippen LogP contribution is 2.30. The van der Waals surface area contributed by atoms with E-state index < -0.39 is 10.0 Å². The van der Waals surface area contributed by atoms with Crippen LogP contribution < -0.4 is 4.72 Å². The highest BCUT2D eigenvalue weighted by Gasteiger charge is 2.14. The minimum Gasteiger partial charge on any atom is -0.281 e. The van der Waals surface area contributed by atoms with Crippen molar-refractivity contribution < 1.29 is 8.42 Å². The molecule has 1 aromatic carbocycles. The molecule has 1 N–H and O–H groups in total. The standard InChI is InChI=1S/C9H10Cl3NO2S/c10-5-2-6-16(14,15)13-9-7(11)3-1-4-8(9)12/h1,3-4,13H,2,5-6H2. The van der Waals surface area contributed by atoms with Crippen molar-refractivity contribution in [1.82, 2.24) is 0 Å². The molecule has 90 valence electrons. The second-order valence-electron chi connectivity index (χ2n) is 3.06. The number of rotatable bonds is 5. The zero-order valence-electron chi connectivity index (χ0n) is 8.21. The molecule has 1 aromatic rings. The fraction of sp³-hybridized carbons (Fsp3) is 0.333. The van der Waals surface area contributed by atoms with Crippen LogP contribution >= 0.6 is 34.8 Å². The van der Waals surface area contributed by atoms with E-state index in [4.69, 9.17) is 34.8 Å². The second-order valence-corrected chi connectivity index (χ2v) is 6.09. The van der Waals surface area contributed by atoms with Gasteiger partial charge in [-0.15, -0.1) is 11.6 Å². The number of halogens is 3. The van der Waals surface area contributed by atoms with Crippen molar-refractivity contribution in [2.45, 2.75) is 6.42 Å². The topological polar surface area (TPSA) is 46.2 Å². The Morgan fingerprint density at radius 2 is 1.75 bits per heavy atom. The van der Waals surface area contributed by atoms with Crippen LogP contribution in [0.1, 0.15) is 6.42 Å². The molecule has 0 radical (unpaired) electrons. The van der Waals surface area contributed by atoms with Crippen LogP contribution in [0, 0.1) is 0 Å². The van der Waals surface area contributed by atoms with E-state index in [0.29, 0.717) is 6.42 Å². The molecule has 0 aliphatic carbocycles. The van der Waals surface area contributed by atoms with E-state index in [1.54, 1.807) is 18.2 Å². The van der Waals surface area contributed by atoms with Gasteiger partial charge in [0.05, 0.1) is 21.5 Å². The average molecular weight is 303 g/mol. The number of anilines is 1. The molecule has 3 nitrogen and oxygen atoms in total. The predicted molar refractivity (Wildman–Crippen MR) is 69.2 cm³/mol. The predicted octanol–water partition coefficient (Wildman–Crippen LogP) is 3.36. The van der Waals surface area contributed by atoms with Gasteiger partial charge >= 0.3 is 0 Å². The Balaban J connectivity index is 2.88. The summed E-state index contributed by atoms with van der Waals surface area (Å²) in [6.45, 7) is 0. The van der Waals surface area contributed by atoms with Crippen molar-refractivity contribution in [3.05, 3.63) is 28.2 Å². The zero-order valence-corrected chi connectivity index (χ0v) is 11.3. The molecule has 0 fully saturated rings. The van der Waals surface area contributed by atoms with Crippen LogP contribution in [0.15, 0.2) is 18.2 Å². The molecule has 0 aromatic heterocycles. The van der Waals surface area contributed by atoms with E-state index in [2.05, 4.69) is 4.72 Å². The van der Waals surface area contributed by atoms with Crippen molar-refractivity contribution in [1.29, 1.82) is 0 Å². The van der Waals surface area contributed by atoms with Crippen LogP contribution in [0.5, 0.6) is 0 Å². The first-order valence-corrected chi connectivity index (χ1v) is 7.41. The maximum Gasteiger partial charge on any atom is 0.232 e. The van der Waals surface area contributed by atoms with Gasteiger partial charge in [0.2, 0.25) is 10.0 Å². The van der Waals surface area contributed by atoms with Gasteiger partial charge in [0, 0.05) is 5.88 Å². The molecule has 7 heteroatoms. The molecule has 0 heterocycles. The monoisotopic (exact) mass is 301 g/mol.